The molecule has 0 saturated carbocycles. The highest BCUT2D eigenvalue weighted by molar-refractivity contribution is 5.78. The van der Waals surface area contributed by atoms with E-state index < -0.39 is 0 Å². The number of ether oxygens (including phenoxy) is 1. The van der Waals surface area contributed by atoms with Gasteiger partial charge in [-0.3, -0.25) is 0 Å². The molecule has 0 unspecified atom stereocenters. The lowest BCUT2D eigenvalue weighted by atomic mass is 10.2. The summed E-state index contributed by atoms with van der Waals surface area (Å²) in [5.41, 5.74) is 3.78. The summed E-state index contributed by atoms with van der Waals surface area (Å²) in [4.78, 5) is 9.25. The summed E-state index contributed by atoms with van der Waals surface area (Å²) in [5, 5.41) is 9.15. The highest BCUT2D eigenvalue weighted by atomic mass is 16.5. The zero-order valence-electron chi connectivity index (χ0n) is 12.8. The predicted octanol–water partition coefficient (Wildman–Crippen LogP) is 2.80. The van der Waals surface area contributed by atoms with Crippen molar-refractivity contribution < 1.29 is 9.84 Å². The van der Waals surface area contributed by atoms with Crippen LogP contribution in [-0.4, -0.2) is 33.4 Å². The number of hydrogen-bond donors (Lipinski definition) is 1. The largest absolute Gasteiger partial charge is 0.497 e. The molecule has 0 atom stereocenters. The summed E-state index contributed by atoms with van der Waals surface area (Å²) in [6.07, 6.45) is 2.51. The maximum atomic E-state index is 9.15. The molecule has 0 saturated heterocycles. The van der Waals surface area contributed by atoms with Gasteiger partial charge in [-0.25, -0.2) is 9.97 Å². The number of hydrogen-bond acceptors (Lipinski definition) is 4. The molecular weight excluding hydrogens is 278 g/mol. The van der Waals surface area contributed by atoms with E-state index in [0.29, 0.717) is 13.0 Å². The van der Waals surface area contributed by atoms with Crippen LogP contribution in [-0.2, 0) is 6.54 Å². The predicted molar refractivity (Wildman–Crippen MR) is 86.0 cm³/mol. The van der Waals surface area contributed by atoms with Gasteiger partial charge in [-0.15, -0.1) is 0 Å². The van der Waals surface area contributed by atoms with Gasteiger partial charge < -0.3 is 14.4 Å². The summed E-state index contributed by atoms with van der Waals surface area (Å²) >= 11 is 0. The van der Waals surface area contributed by atoms with Gasteiger partial charge >= 0.3 is 0 Å². The second-order valence-corrected chi connectivity index (χ2v) is 5.25. The molecule has 0 spiro atoms. The molecule has 2 aromatic heterocycles. The molecular formula is C17H19N3O2. The molecule has 1 N–H and O–H groups in total. The molecule has 0 bridgehead atoms. The van der Waals surface area contributed by atoms with Gasteiger partial charge in [0, 0.05) is 24.9 Å². The standard InChI is InChI=1S/C17H19N3O2/c1-12-9-15-17(18-11-12)20(7-4-8-21)16(19-15)13-5-3-6-14(10-13)22-2/h3,5-6,9-11,21H,4,7-8H2,1-2H3. The summed E-state index contributed by atoms with van der Waals surface area (Å²) in [7, 11) is 1.65. The minimum Gasteiger partial charge on any atom is -0.497 e. The third kappa shape index (κ3) is 2.67. The van der Waals surface area contributed by atoms with Crippen LogP contribution in [0, 0.1) is 6.92 Å². The number of methoxy groups -OCH3 is 1. The Kier molecular flexibility index (Phi) is 4.06. The zero-order valence-corrected chi connectivity index (χ0v) is 12.8. The molecule has 5 nitrogen and oxygen atoms in total. The van der Waals surface area contributed by atoms with Crippen LogP contribution in [0.5, 0.6) is 5.75 Å². The molecule has 114 valence electrons. The number of rotatable bonds is 5. The van der Waals surface area contributed by atoms with Crippen molar-refractivity contribution in [3.63, 3.8) is 0 Å². The van der Waals surface area contributed by atoms with Crippen molar-refractivity contribution in [2.75, 3.05) is 13.7 Å². The number of imidazole rings is 1. The second-order valence-electron chi connectivity index (χ2n) is 5.25. The molecule has 2 heterocycles. The molecule has 5 heteroatoms. The number of nitrogens with zero attached hydrogens (tertiary/aromatic N) is 3. The fourth-order valence-electron chi connectivity index (χ4n) is 2.53. The Morgan fingerprint density at radius 2 is 2.14 bits per heavy atom. The fraction of sp³-hybridized carbons (Fsp3) is 0.294. The van der Waals surface area contributed by atoms with Crippen LogP contribution in [0.4, 0.5) is 0 Å². The van der Waals surface area contributed by atoms with E-state index in [0.717, 1.165) is 33.9 Å². The molecule has 0 amide bonds. The first-order valence-corrected chi connectivity index (χ1v) is 7.31. The highest BCUT2D eigenvalue weighted by Gasteiger charge is 2.14. The molecule has 3 rings (SSSR count). The molecule has 0 aliphatic carbocycles. The molecule has 22 heavy (non-hydrogen) atoms. The van der Waals surface area contributed by atoms with E-state index in [4.69, 9.17) is 14.8 Å². The van der Waals surface area contributed by atoms with E-state index in [9.17, 15) is 0 Å². The Bertz CT molecular complexity index is 796. The monoisotopic (exact) mass is 297 g/mol. The Morgan fingerprint density at radius 3 is 2.91 bits per heavy atom. The molecule has 3 aromatic rings. The summed E-state index contributed by atoms with van der Waals surface area (Å²) in [6.45, 7) is 2.82. The Labute approximate surface area is 129 Å². The molecule has 1 aromatic carbocycles. The van der Waals surface area contributed by atoms with Crippen LogP contribution in [0.15, 0.2) is 36.5 Å². The SMILES string of the molecule is COc1cccc(-c2nc3cc(C)cnc3n2CCCO)c1. The van der Waals surface area contributed by atoms with Gasteiger partial charge in [0.05, 0.1) is 7.11 Å². The number of aliphatic hydroxyl groups excluding tert-OH is 1. The lowest BCUT2D eigenvalue weighted by Gasteiger charge is -2.09. The van der Waals surface area contributed by atoms with E-state index in [-0.39, 0.29) is 6.61 Å². The molecule has 0 fully saturated rings. The molecule has 0 aliphatic rings. The van der Waals surface area contributed by atoms with Crippen LogP contribution in [0.1, 0.15) is 12.0 Å². The lowest BCUT2D eigenvalue weighted by molar-refractivity contribution is 0.280. The first-order chi connectivity index (χ1) is 10.7. The van der Waals surface area contributed by atoms with Crippen molar-refractivity contribution in [1.82, 2.24) is 14.5 Å². The van der Waals surface area contributed by atoms with Crippen LogP contribution < -0.4 is 4.74 Å². The molecule has 0 aliphatic heterocycles. The van der Waals surface area contributed by atoms with Crippen LogP contribution in [0.3, 0.4) is 0 Å². The van der Waals surface area contributed by atoms with Crippen LogP contribution in [0.2, 0.25) is 0 Å². The minimum absolute atomic E-state index is 0.142. The van der Waals surface area contributed by atoms with Gasteiger partial charge in [0.25, 0.3) is 0 Å². The quantitative estimate of drug-likeness (QED) is 0.786. The van der Waals surface area contributed by atoms with Gasteiger partial charge in [0.1, 0.15) is 17.1 Å². The van der Waals surface area contributed by atoms with Gasteiger partial charge in [-0.05, 0) is 37.1 Å². The smallest absolute Gasteiger partial charge is 0.160 e. The van der Waals surface area contributed by atoms with Crippen molar-refractivity contribution in [3.8, 4) is 17.1 Å². The zero-order chi connectivity index (χ0) is 15.5. The third-order valence-corrected chi connectivity index (χ3v) is 3.59. The highest BCUT2D eigenvalue weighted by Crippen LogP contribution is 2.27. The van der Waals surface area contributed by atoms with Gasteiger partial charge in [0.2, 0.25) is 0 Å². The van der Waals surface area contributed by atoms with Crippen molar-refractivity contribution in [1.29, 1.82) is 0 Å². The number of aromatic nitrogens is 3. The number of aryl methyl sites for hydroxylation is 2. The lowest BCUT2D eigenvalue weighted by Crippen LogP contribution is -2.03. The Morgan fingerprint density at radius 1 is 1.27 bits per heavy atom. The number of aliphatic hydroxyl groups is 1. The summed E-state index contributed by atoms with van der Waals surface area (Å²) in [6, 6.07) is 9.85. The van der Waals surface area contributed by atoms with Crippen LogP contribution >= 0.6 is 0 Å². The summed E-state index contributed by atoms with van der Waals surface area (Å²) < 4.78 is 7.35. The van der Waals surface area contributed by atoms with Crippen molar-refractivity contribution in [3.05, 3.63) is 42.1 Å². The fourth-order valence-corrected chi connectivity index (χ4v) is 2.53. The van der Waals surface area contributed by atoms with Crippen LogP contribution in [0.25, 0.3) is 22.6 Å². The molecule has 0 radical (unpaired) electrons. The number of pyridine rings is 1. The maximum Gasteiger partial charge on any atom is 0.160 e. The summed E-state index contributed by atoms with van der Waals surface area (Å²) in [5.74, 6) is 1.64. The number of fused-ring (bicyclic) bond motifs is 1. The minimum atomic E-state index is 0.142. The van der Waals surface area contributed by atoms with Crippen molar-refractivity contribution in [2.45, 2.75) is 19.9 Å². The first-order valence-electron chi connectivity index (χ1n) is 7.31. The maximum absolute atomic E-state index is 9.15. The number of benzene rings is 1. The van der Waals surface area contributed by atoms with E-state index >= 15 is 0 Å². The van der Waals surface area contributed by atoms with Crippen molar-refractivity contribution in [2.24, 2.45) is 0 Å². The second kappa shape index (κ2) is 6.15. The van der Waals surface area contributed by atoms with E-state index in [1.54, 1.807) is 7.11 Å². The van der Waals surface area contributed by atoms with Gasteiger partial charge in [0.15, 0.2) is 5.65 Å². The van der Waals surface area contributed by atoms with E-state index in [1.165, 1.54) is 0 Å². The normalized spacial score (nSPS) is 11.0. The Hall–Kier alpha value is -2.40. The van der Waals surface area contributed by atoms with Crippen molar-refractivity contribution >= 4 is 11.2 Å². The topological polar surface area (TPSA) is 60.2 Å². The van der Waals surface area contributed by atoms with Gasteiger partial charge in [-0.1, -0.05) is 12.1 Å². The van der Waals surface area contributed by atoms with E-state index in [1.807, 2.05) is 43.5 Å². The first kappa shape index (κ1) is 14.5. The van der Waals surface area contributed by atoms with Gasteiger partial charge in [-0.2, -0.15) is 0 Å². The third-order valence-electron chi connectivity index (χ3n) is 3.59. The average Bonchev–Trinajstić information content (AvgIpc) is 2.90. The average molecular weight is 297 g/mol. The van der Waals surface area contributed by atoms with E-state index in [2.05, 4.69) is 9.55 Å². The Balaban J connectivity index is 2.17.